The van der Waals surface area contributed by atoms with E-state index in [0.29, 0.717) is 0 Å². The Kier molecular flexibility index (Phi) is 4.41. The van der Waals surface area contributed by atoms with Crippen LogP contribution in [0.3, 0.4) is 0 Å². The molecule has 1 atom stereocenters. The first-order valence-electron chi connectivity index (χ1n) is 5.16. The number of rotatable bonds is 5. The van der Waals surface area contributed by atoms with E-state index < -0.39 is 21.5 Å². The van der Waals surface area contributed by atoms with Gasteiger partial charge in [-0.2, -0.15) is 17.4 Å². The molecule has 0 saturated heterocycles. The van der Waals surface area contributed by atoms with Crippen LogP contribution in [0.1, 0.15) is 12.5 Å². The number of hydrogen-bond donors (Lipinski definition) is 3. The zero-order valence-electron chi connectivity index (χ0n) is 10.0. The molecule has 0 radical (unpaired) electrons. The fourth-order valence-corrected chi connectivity index (χ4v) is 2.90. The molecule has 7 heteroatoms. The van der Waals surface area contributed by atoms with Crippen LogP contribution < -0.4 is 4.72 Å². The summed E-state index contributed by atoms with van der Waals surface area (Å²) in [6.07, 6.45) is 0. The van der Waals surface area contributed by atoms with Crippen molar-refractivity contribution in [2.24, 2.45) is 0 Å². The van der Waals surface area contributed by atoms with Crippen molar-refractivity contribution in [3.63, 3.8) is 0 Å². The van der Waals surface area contributed by atoms with Crippen LogP contribution in [-0.4, -0.2) is 30.8 Å². The van der Waals surface area contributed by atoms with Crippen LogP contribution in [-0.2, 0) is 14.8 Å². The number of carboxylic acids is 1. The molecule has 0 heterocycles. The summed E-state index contributed by atoms with van der Waals surface area (Å²) < 4.78 is 26.2. The minimum atomic E-state index is -3.87. The largest absolute Gasteiger partial charge is 0.480 e. The maximum atomic E-state index is 12.0. The number of aliphatic carboxylic acids is 1. The first-order chi connectivity index (χ1) is 8.21. The zero-order chi connectivity index (χ0) is 14.0. The SMILES string of the molecule is Cc1ccc(S(=O)(=O)NC(C)(CS)C(=O)O)cc1. The molecule has 18 heavy (non-hydrogen) atoms. The van der Waals surface area contributed by atoms with Gasteiger partial charge in [0.2, 0.25) is 10.0 Å². The molecule has 0 fully saturated rings. The number of sulfonamides is 1. The molecule has 100 valence electrons. The predicted octanol–water partition coefficient (Wildman–Crippen LogP) is 1.05. The second-order valence-electron chi connectivity index (χ2n) is 4.21. The molecule has 1 unspecified atom stereocenters. The highest BCUT2D eigenvalue weighted by atomic mass is 32.2. The summed E-state index contributed by atoms with van der Waals surface area (Å²) in [5.74, 6) is -1.42. The summed E-state index contributed by atoms with van der Waals surface area (Å²) in [6.45, 7) is 3.10. The maximum Gasteiger partial charge on any atom is 0.325 e. The van der Waals surface area contributed by atoms with Gasteiger partial charge in [0.1, 0.15) is 5.54 Å². The van der Waals surface area contributed by atoms with Gasteiger partial charge in [-0.05, 0) is 26.0 Å². The van der Waals surface area contributed by atoms with Crippen molar-refractivity contribution in [2.45, 2.75) is 24.3 Å². The van der Waals surface area contributed by atoms with Gasteiger partial charge < -0.3 is 5.11 Å². The molecule has 0 aliphatic heterocycles. The molecule has 0 saturated carbocycles. The van der Waals surface area contributed by atoms with Gasteiger partial charge in [-0.1, -0.05) is 17.7 Å². The number of carboxylic acid groups (broad SMARTS) is 1. The van der Waals surface area contributed by atoms with Crippen LogP contribution in [0.15, 0.2) is 29.2 Å². The van der Waals surface area contributed by atoms with Crippen LogP contribution in [0, 0.1) is 6.92 Å². The van der Waals surface area contributed by atoms with Crippen molar-refractivity contribution >= 4 is 28.6 Å². The van der Waals surface area contributed by atoms with Crippen molar-refractivity contribution in [1.29, 1.82) is 0 Å². The van der Waals surface area contributed by atoms with E-state index in [1.807, 2.05) is 6.92 Å². The number of aryl methyl sites for hydroxylation is 1. The number of nitrogens with one attached hydrogen (secondary N) is 1. The van der Waals surface area contributed by atoms with Gasteiger partial charge in [0.15, 0.2) is 0 Å². The van der Waals surface area contributed by atoms with Crippen LogP contribution in [0.5, 0.6) is 0 Å². The highest BCUT2D eigenvalue weighted by molar-refractivity contribution is 7.89. The third-order valence-corrected chi connectivity index (χ3v) is 4.72. The van der Waals surface area contributed by atoms with Crippen molar-refractivity contribution in [1.82, 2.24) is 4.72 Å². The lowest BCUT2D eigenvalue weighted by atomic mass is 10.1. The van der Waals surface area contributed by atoms with Gasteiger partial charge in [0.25, 0.3) is 0 Å². The van der Waals surface area contributed by atoms with E-state index in [2.05, 4.69) is 17.4 Å². The average molecular weight is 289 g/mol. The second kappa shape index (κ2) is 5.29. The molecular formula is C11H15NO4S2. The highest BCUT2D eigenvalue weighted by Crippen LogP contribution is 2.15. The van der Waals surface area contributed by atoms with Crippen LogP contribution in [0.25, 0.3) is 0 Å². The second-order valence-corrected chi connectivity index (χ2v) is 6.21. The third kappa shape index (κ3) is 3.24. The molecule has 0 aromatic heterocycles. The average Bonchev–Trinajstić information content (AvgIpc) is 2.28. The number of carbonyl (C=O) groups is 1. The number of benzene rings is 1. The molecule has 2 N–H and O–H groups in total. The van der Waals surface area contributed by atoms with Gasteiger partial charge in [-0.3, -0.25) is 4.79 Å². The van der Waals surface area contributed by atoms with E-state index >= 15 is 0 Å². The third-order valence-electron chi connectivity index (χ3n) is 2.48. The van der Waals surface area contributed by atoms with Gasteiger partial charge in [-0.15, -0.1) is 0 Å². The molecule has 0 bridgehead atoms. The maximum absolute atomic E-state index is 12.0. The smallest absolute Gasteiger partial charge is 0.325 e. The Balaban J connectivity index is 3.09. The Hall–Kier alpha value is -1.05. The summed E-state index contributed by atoms with van der Waals surface area (Å²) in [5, 5.41) is 9.01. The van der Waals surface area contributed by atoms with E-state index in [0.717, 1.165) is 5.56 Å². The molecule has 0 amide bonds. The Morgan fingerprint density at radius 3 is 2.28 bits per heavy atom. The number of hydrogen-bond acceptors (Lipinski definition) is 4. The zero-order valence-corrected chi connectivity index (χ0v) is 11.8. The summed E-state index contributed by atoms with van der Waals surface area (Å²) >= 11 is 3.87. The standard InChI is InChI=1S/C11H15NO4S2/c1-8-3-5-9(6-4-8)18(15,16)12-11(2,7-17)10(13)14/h3-6,12,17H,7H2,1-2H3,(H,13,14). The minimum Gasteiger partial charge on any atom is -0.480 e. The van der Waals surface area contributed by atoms with Crippen molar-refractivity contribution in [3.05, 3.63) is 29.8 Å². The fourth-order valence-electron chi connectivity index (χ4n) is 1.22. The van der Waals surface area contributed by atoms with E-state index in [1.165, 1.54) is 19.1 Å². The lowest BCUT2D eigenvalue weighted by Gasteiger charge is -2.23. The number of thiol groups is 1. The van der Waals surface area contributed by atoms with Crippen LogP contribution >= 0.6 is 12.6 Å². The van der Waals surface area contributed by atoms with Crippen LogP contribution in [0.4, 0.5) is 0 Å². The Morgan fingerprint density at radius 1 is 1.39 bits per heavy atom. The quantitative estimate of drug-likeness (QED) is 0.707. The molecular weight excluding hydrogens is 274 g/mol. The van der Waals surface area contributed by atoms with Gasteiger partial charge in [0.05, 0.1) is 4.90 Å². The van der Waals surface area contributed by atoms with Crippen molar-refractivity contribution in [2.75, 3.05) is 5.75 Å². The summed E-state index contributed by atoms with van der Waals surface area (Å²) in [7, 11) is -3.87. The van der Waals surface area contributed by atoms with Crippen molar-refractivity contribution < 1.29 is 18.3 Å². The molecule has 5 nitrogen and oxygen atoms in total. The van der Waals surface area contributed by atoms with Crippen LogP contribution in [0.2, 0.25) is 0 Å². The van der Waals surface area contributed by atoms with E-state index in [1.54, 1.807) is 12.1 Å². The molecule has 1 aromatic rings. The minimum absolute atomic E-state index is 0.0300. The summed E-state index contributed by atoms with van der Waals surface area (Å²) in [5.41, 5.74) is -0.712. The predicted molar refractivity (Wildman–Crippen MR) is 71.4 cm³/mol. The Morgan fingerprint density at radius 2 is 1.89 bits per heavy atom. The van der Waals surface area contributed by atoms with Gasteiger partial charge in [-0.25, -0.2) is 8.42 Å². The lowest BCUT2D eigenvalue weighted by Crippen LogP contribution is -2.53. The molecule has 1 aromatic carbocycles. The monoisotopic (exact) mass is 289 g/mol. The fraction of sp³-hybridized carbons (Fsp3) is 0.364. The molecule has 0 aliphatic rings. The normalized spacial score (nSPS) is 15.1. The van der Waals surface area contributed by atoms with E-state index in [4.69, 9.17) is 5.11 Å². The topological polar surface area (TPSA) is 83.5 Å². The van der Waals surface area contributed by atoms with Gasteiger partial charge in [0, 0.05) is 5.75 Å². The summed E-state index contributed by atoms with van der Waals surface area (Å²) in [6, 6.07) is 6.15. The Labute approximate surface area is 112 Å². The summed E-state index contributed by atoms with van der Waals surface area (Å²) in [4.78, 5) is 11.1. The lowest BCUT2D eigenvalue weighted by molar-refractivity contribution is -0.142. The first-order valence-corrected chi connectivity index (χ1v) is 7.28. The van der Waals surface area contributed by atoms with E-state index in [-0.39, 0.29) is 10.6 Å². The Bertz CT molecular complexity index is 539. The van der Waals surface area contributed by atoms with Gasteiger partial charge >= 0.3 is 5.97 Å². The molecule has 0 aliphatic carbocycles. The van der Waals surface area contributed by atoms with Crippen molar-refractivity contribution in [3.8, 4) is 0 Å². The van der Waals surface area contributed by atoms with E-state index in [9.17, 15) is 13.2 Å². The first kappa shape index (κ1) is 15.0. The molecule has 0 spiro atoms. The highest BCUT2D eigenvalue weighted by Gasteiger charge is 2.36. The molecule has 1 rings (SSSR count).